The molecule has 23 heavy (non-hydrogen) atoms. The molecule has 5 nitrogen and oxygen atoms in total. The zero-order valence-corrected chi connectivity index (χ0v) is 18.4. The van der Waals surface area contributed by atoms with Gasteiger partial charge in [0.1, 0.15) is 0 Å². The Morgan fingerprint density at radius 3 is 2.39 bits per heavy atom. The zero-order valence-electron chi connectivity index (χ0n) is 15.2. The van der Waals surface area contributed by atoms with Crippen molar-refractivity contribution in [1.29, 1.82) is 0 Å². The number of carbonyl (C=O) groups excluding carboxylic acids is 1. The van der Waals surface area contributed by atoms with Crippen LogP contribution in [0.15, 0.2) is 4.99 Å². The molecule has 0 aliphatic carbocycles. The van der Waals surface area contributed by atoms with Gasteiger partial charge in [0.25, 0.3) is 0 Å². The summed E-state index contributed by atoms with van der Waals surface area (Å²) in [4.78, 5) is 15.4. The van der Waals surface area contributed by atoms with E-state index in [0.717, 1.165) is 44.7 Å². The Labute approximate surface area is 163 Å². The first-order chi connectivity index (χ1) is 10.4. The van der Waals surface area contributed by atoms with Crippen LogP contribution in [-0.4, -0.2) is 49.7 Å². The summed E-state index contributed by atoms with van der Waals surface area (Å²) < 4.78 is 5.10. The van der Waals surface area contributed by atoms with E-state index in [-0.39, 0.29) is 34.7 Å². The number of nitrogens with one attached hydrogen (secondary N) is 2. The van der Waals surface area contributed by atoms with Gasteiger partial charge in [0, 0.05) is 31.3 Å². The number of thioether (sulfide) groups is 1. The van der Waals surface area contributed by atoms with Gasteiger partial charge in [-0.2, -0.15) is 11.8 Å². The summed E-state index contributed by atoms with van der Waals surface area (Å²) in [6, 6.07) is 0. The van der Waals surface area contributed by atoms with E-state index in [1.54, 1.807) is 7.05 Å². The van der Waals surface area contributed by atoms with Crippen molar-refractivity contribution in [3.63, 3.8) is 0 Å². The second kappa shape index (κ2) is 15.4. The van der Waals surface area contributed by atoms with E-state index in [1.165, 1.54) is 0 Å². The number of carbonyl (C=O) groups is 1. The third kappa shape index (κ3) is 15.1. The number of esters is 1. The molecule has 0 aromatic heterocycles. The van der Waals surface area contributed by atoms with Gasteiger partial charge in [-0.1, -0.05) is 12.8 Å². The average Bonchev–Trinajstić information content (AvgIpc) is 2.49. The number of rotatable bonds is 11. The van der Waals surface area contributed by atoms with Crippen molar-refractivity contribution in [2.75, 3.05) is 33.0 Å². The number of nitrogens with zero attached hydrogens (tertiary/aromatic N) is 1. The third-order valence-electron chi connectivity index (χ3n) is 3.36. The van der Waals surface area contributed by atoms with Gasteiger partial charge in [0.15, 0.2) is 5.96 Å². The maximum absolute atomic E-state index is 11.2. The van der Waals surface area contributed by atoms with E-state index in [9.17, 15) is 4.79 Å². The minimum Gasteiger partial charge on any atom is -0.466 e. The van der Waals surface area contributed by atoms with Gasteiger partial charge in [0.05, 0.1) is 6.61 Å². The second-order valence-corrected chi connectivity index (χ2v) is 7.30. The number of guanidine groups is 1. The Morgan fingerprint density at radius 2 is 1.83 bits per heavy atom. The quantitative estimate of drug-likeness (QED) is 0.163. The van der Waals surface area contributed by atoms with Crippen LogP contribution in [-0.2, 0) is 9.53 Å². The van der Waals surface area contributed by atoms with E-state index in [4.69, 9.17) is 4.74 Å². The SMILES string of the molecule is CCOC(=O)CCCCCCNC(=NC)NCC(C)(C)SC.I. The van der Waals surface area contributed by atoms with Gasteiger partial charge in [-0.25, -0.2) is 0 Å². The van der Waals surface area contributed by atoms with Crippen LogP contribution in [0.25, 0.3) is 0 Å². The zero-order chi connectivity index (χ0) is 16.8. The minimum atomic E-state index is -0.0818. The summed E-state index contributed by atoms with van der Waals surface area (Å²) >= 11 is 1.84. The number of ether oxygens (including phenoxy) is 1. The number of unbranched alkanes of at least 4 members (excludes halogenated alkanes) is 3. The predicted molar refractivity (Wildman–Crippen MR) is 112 cm³/mol. The van der Waals surface area contributed by atoms with Crippen molar-refractivity contribution in [2.24, 2.45) is 4.99 Å². The molecule has 0 heterocycles. The molecule has 0 aromatic rings. The highest BCUT2D eigenvalue weighted by Gasteiger charge is 2.15. The molecule has 0 radical (unpaired) electrons. The lowest BCUT2D eigenvalue weighted by molar-refractivity contribution is -0.143. The van der Waals surface area contributed by atoms with E-state index >= 15 is 0 Å². The van der Waals surface area contributed by atoms with Crippen LogP contribution < -0.4 is 10.6 Å². The molecule has 0 atom stereocenters. The normalized spacial score (nSPS) is 11.6. The number of hydrogen-bond donors (Lipinski definition) is 2. The molecule has 0 unspecified atom stereocenters. The number of aliphatic imine (C=N–C) groups is 1. The fraction of sp³-hybridized carbons (Fsp3) is 0.875. The summed E-state index contributed by atoms with van der Waals surface area (Å²) in [5.41, 5.74) is 0. The van der Waals surface area contributed by atoms with Crippen LogP contribution in [0.4, 0.5) is 0 Å². The van der Waals surface area contributed by atoms with Crippen LogP contribution in [0.2, 0.25) is 0 Å². The fourth-order valence-corrected chi connectivity index (χ4v) is 1.99. The highest BCUT2D eigenvalue weighted by molar-refractivity contribution is 14.0. The van der Waals surface area contributed by atoms with E-state index in [0.29, 0.717) is 13.0 Å². The van der Waals surface area contributed by atoms with Gasteiger partial charge in [-0.05, 0) is 39.9 Å². The molecule has 0 bridgehead atoms. The van der Waals surface area contributed by atoms with E-state index in [2.05, 4.69) is 35.7 Å². The molecule has 0 spiro atoms. The molecule has 0 rings (SSSR count). The van der Waals surface area contributed by atoms with Crippen LogP contribution in [0.3, 0.4) is 0 Å². The Kier molecular flexibility index (Phi) is 16.7. The van der Waals surface area contributed by atoms with Gasteiger partial charge in [0.2, 0.25) is 0 Å². The largest absolute Gasteiger partial charge is 0.466 e. The van der Waals surface area contributed by atoms with Crippen LogP contribution in [0, 0.1) is 0 Å². The average molecular weight is 459 g/mol. The molecule has 2 N–H and O–H groups in total. The summed E-state index contributed by atoms with van der Waals surface area (Å²) in [7, 11) is 1.79. The first kappa shape index (κ1) is 25.1. The highest BCUT2D eigenvalue weighted by atomic mass is 127. The first-order valence-corrected chi connectivity index (χ1v) is 9.33. The third-order valence-corrected chi connectivity index (χ3v) is 4.61. The molecule has 0 saturated carbocycles. The maximum atomic E-state index is 11.2. The summed E-state index contributed by atoms with van der Waals surface area (Å²) in [6.45, 7) is 8.52. The molecule has 0 saturated heterocycles. The number of hydrogen-bond acceptors (Lipinski definition) is 4. The Bertz CT molecular complexity index is 339. The maximum Gasteiger partial charge on any atom is 0.305 e. The molecule has 0 aliphatic rings. The highest BCUT2D eigenvalue weighted by Crippen LogP contribution is 2.19. The van der Waals surface area contributed by atoms with Crippen molar-refractivity contribution < 1.29 is 9.53 Å². The van der Waals surface area contributed by atoms with E-state index in [1.807, 2.05) is 18.7 Å². The van der Waals surface area contributed by atoms with Crippen molar-refractivity contribution in [3.8, 4) is 0 Å². The molecule has 7 heteroatoms. The van der Waals surface area contributed by atoms with Crippen molar-refractivity contribution in [1.82, 2.24) is 10.6 Å². The Hall–Kier alpha value is -0.180. The van der Waals surface area contributed by atoms with E-state index < -0.39 is 0 Å². The standard InChI is InChI=1S/C16H33N3O2S.HI/c1-6-21-14(20)11-9-7-8-10-12-18-15(17-4)19-13-16(2,3)22-5;/h6-13H2,1-5H3,(H2,17,18,19);1H. The van der Waals surface area contributed by atoms with Gasteiger partial charge >= 0.3 is 5.97 Å². The molecular weight excluding hydrogens is 425 g/mol. The van der Waals surface area contributed by atoms with Gasteiger partial charge in [-0.15, -0.1) is 24.0 Å². The second-order valence-electron chi connectivity index (χ2n) is 5.79. The summed E-state index contributed by atoms with van der Waals surface area (Å²) in [5.74, 6) is 0.773. The summed E-state index contributed by atoms with van der Waals surface area (Å²) in [5, 5.41) is 6.67. The predicted octanol–water partition coefficient (Wildman–Crippen LogP) is 3.42. The van der Waals surface area contributed by atoms with Crippen molar-refractivity contribution in [2.45, 2.75) is 57.6 Å². The van der Waals surface area contributed by atoms with Crippen molar-refractivity contribution >= 4 is 47.7 Å². The van der Waals surface area contributed by atoms with Gasteiger partial charge < -0.3 is 15.4 Å². The lowest BCUT2D eigenvalue weighted by Gasteiger charge is -2.23. The van der Waals surface area contributed by atoms with Crippen LogP contribution in [0.1, 0.15) is 52.9 Å². The molecule has 0 aromatic carbocycles. The van der Waals surface area contributed by atoms with Crippen LogP contribution in [0.5, 0.6) is 0 Å². The molecule has 0 aliphatic heterocycles. The lowest BCUT2D eigenvalue weighted by atomic mass is 10.1. The monoisotopic (exact) mass is 459 g/mol. The first-order valence-electron chi connectivity index (χ1n) is 8.10. The minimum absolute atomic E-state index is 0. The topological polar surface area (TPSA) is 62.7 Å². The Balaban J connectivity index is 0. The van der Waals surface area contributed by atoms with Crippen LogP contribution >= 0.6 is 35.7 Å². The molecular formula is C16H34IN3O2S. The lowest BCUT2D eigenvalue weighted by Crippen LogP contribution is -2.43. The molecule has 0 fully saturated rings. The molecule has 138 valence electrons. The summed E-state index contributed by atoms with van der Waals surface area (Å²) in [6.07, 6.45) is 6.82. The van der Waals surface area contributed by atoms with Crippen molar-refractivity contribution in [3.05, 3.63) is 0 Å². The Morgan fingerprint density at radius 1 is 1.17 bits per heavy atom. The smallest absolute Gasteiger partial charge is 0.305 e. The number of halogens is 1. The fourth-order valence-electron chi connectivity index (χ4n) is 1.78. The molecule has 0 amide bonds. The van der Waals surface area contributed by atoms with Gasteiger partial charge in [-0.3, -0.25) is 9.79 Å².